The lowest BCUT2D eigenvalue weighted by atomic mass is 9.97. The molecular weight excluding hydrogens is 617 g/mol. The smallest absolute Gasteiger partial charge is 0.303 e. The number of carbonyl (C=O) groups excluding carboxylic acids is 1. The molecule has 5 rings (SSSR count). The minimum absolute atomic E-state index is 0.0313. The summed E-state index contributed by atoms with van der Waals surface area (Å²) < 4.78 is 14.7. The van der Waals surface area contributed by atoms with E-state index in [1.165, 1.54) is 0 Å². The molecule has 0 aliphatic carbocycles. The molecule has 4 aromatic rings. The SMILES string of the molecule is O=C(O)CCCCC(=O)NCc1ccccc1-c1ccc([C@@H]2O[C@H](Cn3cnc(Cl)c3Cl)C[C@H](c3ccc(CO)cc3)O2)cc1. The summed E-state index contributed by atoms with van der Waals surface area (Å²) >= 11 is 12.4. The maximum Gasteiger partial charge on any atom is 0.303 e. The minimum atomic E-state index is -0.852. The molecule has 9 nitrogen and oxygen atoms in total. The summed E-state index contributed by atoms with van der Waals surface area (Å²) in [4.78, 5) is 27.1. The van der Waals surface area contributed by atoms with Gasteiger partial charge >= 0.3 is 5.97 Å². The molecule has 3 N–H and O–H groups in total. The Hall–Kier alpha value is -3.73. The lowest BCUT2D eigenvalue weighted by Gasteiger charge is -2.36. The van der Waals surface area contributed by atoms with Gasteiger partial charge in [0.2, 0.25) is 5.91 Å². The first-order valence-corrected chi connectivity index (χ1v) is 15.6. The van der Waals surface area contributed by atoms with Crippen molar-refractivity contribution in [1.29, 1.82) is 0 Å². The number of aliphatic hydroxyl groups is 1. The van der Waals surface area contributed by atoms with Gasteiger partial charge in [0.1, 0.15) is 5.15 Å². The quantitative estimate of drug-likeness (QED) is 0.135. The topological polar surface area (TPSA) is 123 Å². The highest BCUT2D eigenvalue weighted by Gasteiger charge is 2.33. The number of aromatic nitrogens is 2. The first kappa shape index (κ1) is 32.7. The Morgan fingerprint density at radius 2 is 1.64 bits per heavy atom. The predicted octanol–water partition coefficient (Wildman–Crippen LogP) is 6.86. The molecule has 3 atom stereocenters. The van der Waals surface area contributed by atoms with Gasteiger partial charge in [-0.3, -0.25) is 9.59 Å². The molecular formula is C34H35Cl2N3O6. The van der Waals surface area contributed by atoms with Crippen LogP contribution in [0.3, 0.4) is 0 Å². The average Bonchev–Trinajstić information content (AvgIpc) is 3.38. The Balaban J connectivity index is 1.30. The summed E-state index contributed by atoms with van der Waals surface area (Å²) in [6.45, 7) is 0.778. The summed E-state index contributed by atoms with van der Waals surface area (Å²) in [7, 11) is 0. The van der Waals surface area contributed by atoms with Crippen molar-refractivity contribution in [3.8, 4) is 11.1 Å². The highest BCUT2D eigenvalue weighted by Crippen LogP contribution is 2.39. The van der Waals surface area contributed by atoms with E-state index in [1.54, 1.807) is 10.9 Å². The number of amides is 1. The second-order valence-electron chi connectivity index (χ2n) is 11.0. The largest absolute Gasteiger partial charge is 0.481 e. The number of carboxylic acid groups (broad SMARTS) is 1. The van der Waals surface area contributed by atoms with Crippen LogP contribution in [0.4, 0.5) is 0 Å². The number of halogens is 2. The van der Waals surface area contributed by atoms with Crippen LogP contribution in [0.1, 0.15) is 66.8 Å². The first-order chi connectivity index (χ1) is 21.8. The van der Waals surface area contributed by atoms with Gasteiger partial charge in [-0.25, -0.2) is 4.98 Å². The molecule has 1 aliphatic rings. The van der Waals surface area contributed by atoms with E-state index in [-0.39, 0.29) is 36.3 Å². The van der Waals surface area contributed by atoms with E-state index in [0.717, 1.165) is 33.4 Å². The molecule has 1 saturated heterocycles. The van der Waals surface area contributed by atoms with E-state index in [2.05, 4.69) is 10.3 Å². The molecule has 1 aromatic heterocycles. The molecule has 1 amide bonds. The van der Waals surface area contributed by atoms with Crippen LogP contribution in [0.5, 0.6) is 0 Å². The molecule has 0 bridgehead atoms. The molecule has 0 spiro atoms. The lowest BCUT2D eigenvalue weighted by molar-refractivity contribution is -0.252. The monoisotopic (exact) mass is 651 g/mol. The van der Waals surface area contributed by atoms with E-state index in [1.807, 2.05) is 72.8 Å². The van der Waals surface area contributed by atoms with Gasteiger partial charge < -0.3 is 29.6 Å². The number of benzene rings is 3. The maximum absolute atomic E-state index is 12.3. The number of aliphatic carboxylic acids is 1. The van der Waals surface area contributed by atoms with Crippen molar-refractivity contribution in [3.63, 3.8) is 0 Å². The summed E-state index contributed by atoms with van der Waals surface area (Å²) in [5, 5.41) is 21.8. The Bertz CT molecular complexity index is 1590. The zero-order valence-corrected chi connectivity index (χ0v) is 26.1. The molecule has 0 radical (unpaired) electrons. The molecule has 236 valence electrons. The summed E-state index contributed by atoms with van der Waals surface area (Å²) in [5.74, 6) is -0.957. The van der Waals surface area contributed by atoms with Crippen LogP contribution in [-0.4, -0.2) is 37.7 Å². The number of hydrogen-bond donors (Lipinski definition) is 3. The van der Waals surface area contributed by atoms with Crippen LogP contribution >= 0.6 is 23.2 Å². The number of imidazole rings is 1. The molecule has 2 heterocycles. The summed E-state index contributed by atoms with van der Waals surface area (Å²) in [6, 6.07) is 23.6. The Morgan fingerprint density at radius 1 is 0.933 bits per heavy atom. The van der Waals surface area contributed by atoms with Crippen LogP contribution in [-0.2, 0) is 38.8 Å². The van der Waals surface area contributed by atoms with E-state index in [0.29, 0.717) is 43.9 Å². The number of aliphatic hydroxyl groups excluding tert-OH is 1. The second kappa shape index (κ2) is 15.5. The number of ether oxygens (including phenoxy) is 2. The normalized spacial score (nSPS) is 18.1. The van der Waals surface area contributed by atoms with Gasteiger partial charge in [0.15, 0.2) is 11.4 Å². The third kappa shape index (κ3) is 8.71. The van der Waals surface area contributed by atoms with Crippen molar-refractivity contribution in [2.24, 2.45) is 0 Å². The van der Waals surface area contributed by atoms with Crippen LogP contribution in [0.2, 0.25) is 10.3 Å². The van der Waals surface area contributed by atoms with E-state index >= 15 is 0 Å². The van der Waals surface area contributed by atoms with Crippen LogP contribution in [0.25, 0.3) is 11.1 Å². The van der Waals surface area contributed by atoms with Crippen molar-refractivity contribution in [2.45, 2.75) is 70.3 Å². The average molecular weight is 653 g/mol. The minimum Gasteiger partial charge on any atom is -0.481 e. The fourth-order valence-electron chi connectivity index (χ4n) is 5.34. The second-order valence-corrected chi connectivity index (χ2v) is 11.7. The Morgan fingerprint density at radius 3 is 2.33 bits per heavy atom. The van der Waals surface area contributed by atoms with Gasteiger partial charge in [-0.2, -0.15) is 0 Å². The first-order valence-electron chi connectivity index (χ1n) is 14.8. The number of unbranched alkanes of at least 4 members (excludes halogenated alkanes) is 1. The molecule has 11 heteroatoms. The molecule has 3 aromatic carbocycles. The van der Waals surface area contributed by atoms with Gasteiger partial charge in [-0.15, -0.1) is 0 Å². The molecule has 0 saturated carbocycles. The number of nitrogens with zero attached hydrogens (tertiary/aromatic N) is 2. The summed E-state index contributed by atoms with van der Waals surface area (Å²) in [6.07, 6.45) is 2.39. The van der Waals surface area contributed by atoms with Gasteiger partial charge in [0.05, 0.1) is 31.7 Å². The van der Waals surface area contributed by atoms with Gasteiger partial charge in [-0.05, 0) is 40.7 Å². The van der Waals surface area contributed by atoms with Crippen molar-refractivity contribution in [3.05, 3.63) is 112 Å². The number of rotatable bonds is 13. The lowest BCUT2D eigenvalue weighted by Crippen LogP contribution is -2.32. The predicted molar refractivity (Wildman–Crippen MR) is 170 cm³/mol. The number of carbonyl (C=O) groups is 2. The molecule has 1 fully saturated rings. The standard InChI is InChI=1S/C34H35Cl2N3O6/c35-32-33(36)39(21-38-32)19-27-17-29(24-11-9-22(20-40)10-12-24)45-34(44-27)25-15-13-23(14-16-25)28-6-2-1-5-26(28)18-37-30(41)7-3-4-8-31(42)43/h1-2,5-6,9-16,21,27,29,34,40H,3-4,7-8,17-20H2,(H,37,41)(H,42,43)/t27-,29+,34+/m0/s1. The van der Waals surface area contributed by atoms with Crippen molar-refractivity contribution in [2.75, 3.05) is 0 Å². The maximum atomic E-state index is 12.3. The molecule has 0 unspecified atom stereocenters. The molecule has 1 aliphatic heterocycles. The molecule has 45 heavy (non-hydrogen) atoms. The highest BCUT2D eigenvalue weighted by molar-refractivity contribution is 6.40. The van der Waals surface area contributed by atoms with Gasteiger partial charge in [-0.1, -0.05) is 96.0 Å². The Kier molecular flexibility index (Phi) is 11.3. The fourth-order valence-corrected chi connectivity index (χ4v) is 5.66. The summed E-state index contributed by atoms with van der Waals surface area (Å²) in [5.41, 5.74) is 5.60. The number of nitrogens with one attached hydrogen (secondary N) is 1. The van der Waals surface area contributed by atoms with E-state index in [9.17, 15) is 14.7 Å². The third-order valence-electron chi connectivity index (χ3n) is 7.78. The fraction of sp³-hybridized carbons (Fsp3) is 0.324. The van der Waals surface area contributed by atoms with Crippen molar-refractivity contribution < 1.29 is 29.3 Å². The Labute approximate surface area is 271 Å². The van der Waals surface area contributed by atoms with E-state index < -0.39 is 12.3 Å². The van der Waals surface area contributed by atoms with Crippen LogP contribution in [0, 0.1) is 0 Å². The highest BCUT2D eigenvalue weighted by atomic mass is 35.5. The zero-order chi connectivity index (χ0) is 31.8. The number of hydrogen-bond acceptors (Lipinski definition) is 6. The zero-order valence-electron chi connectivity index (χ0n) is 24.6. The van der Waals surface area contributed by atoms with Crippen molar-refractivity contribution >= 4 is 35.1 Å². The van der Waals surface area contributed by atoms with E-state index in [4.69, 9.17) is 37.8 Å². The van der Waals surface area contributed by atoms with Crippen molar-refractivity contribution in [1.82, 2.24) is 14.9 Å². The van der Waals surface area contributed by atoms with Crippen LogP contribution < -0.4 is 5.32 Å². The van der Waals surface area contributed by atoms with Crippen LogP contribution in [0.15, 0.2) is 79.1 Å². The number of carboxylic acids is 1. The third-order valence-corrected chi connectivity index (χ3v) is 8.55. The van der Waals surface area contributed by atoms with Gasteiger partial charge in [0.25, 0.3) is 0 Å². The van der Waals surface area contributed by atoms with Gasteiger partial charge in [0, 0.05) is 31.4 Å².